The second-order valence-corrected chi connectivity index (χ2v) is 6.54. The van der Waals surface area contributed by atoms with Crippen molar-refractivity contribution >= 4 is 52.1 Å². The summed E-state index contributed by atoms with van der Waals surface area (Å²) in [4.78, 5) is 12.1. The van der Waals surface area contributed by atoms with Crippen LogP contribution in [0.5, 0.6) is 5.75 Å². The van der Waals surface area contributed by atoms with E-state index in [-0.39, 0.29) is 11.2 Å². The van der Waals surface area contributed by atoms with E-state index in [9.17, 15) is 4.79 Å². The van der Waals surface area contributed by atoms with Gasteiger partial charge in [-0.1, -0.05) is 23.2 Å². The number of anilines is 1. The van der Waals surface area contributed by atoms with Crippen LogP contribution in [-0.4, -0.2) is 17.1 Å². The molecule has 0 aliphatic heterocycles. The molecule has 1 amide bonds. The number of hydrogen-bond donors (Lipinski definition) is 2. The maximum Gasteiger partial charge on any atom is 0.257 e. The molecule has 0 radical (unpaired) electrons. The minimum atomic E-state index is -0.392. The number of amides is 1. The number of rotatable bonds is 4. The van der Waals surface area contributed by atoms with Crippen LogP contribution in [-0.2, 0) is 0 Å². The summed E-state index contributed by atoms with van der Waals surface area (Å²) in [6.07, 6.45) is 0.105. The molecule has 0 atom stereocenters. The molecule has 2 rings (SSSR count). The molecule has 0 unspecified atom stereocenters. The summed E-state index contributed by atoms with van der Waals surface area (Å²) < 4.78 is 5.56. The average Bonchev–Trinajstić information content (AvgIpc) is 2.47. The van der Waals surface area contributed by atoms with E-state index in [1.54, 1.807) is 6.07 Å². The van der Waals surface area contributed by atoms with Crippen molar-refractivity contribution in [2.75, 3.05) is 5.32 Å². The van der Waals surface area contributed by atoms with Crippen LogP contribution in [0.2, 0.25) is 10.0 Å². The molecule has 0 aliphatic carbocycles. The summed E-state index contributed by atoms with van der Waals surface area (Å²) >= 11 is 16.9. The SMILES string of the molecule is CC(C)Oc1ccc(NC(=S)NC(=O)c2cc(Cl)cc(Cl)c2)cc1. The fourth-order valence-electron chi connectivity index (χ4n) is 1.91. The highest BCUT2D eigenvalue weighted by molar-refractivity contribution is 7.80. The molecule has 126 valence electrons. The first-order valence-electron chi connectivity index (χ1n) is 7.18. The van der Waals surface area contributed by atoms with Crippen molar-refractivity contribution in [3.05, 3.63) is 58.1 Å². The van der Waals surface area contributed by atoms with Crippen molar-refractivity contribution in [1.29, 1.82) is 0 Å². The Morgan fingerprint density at radius 1 is 1.08 bits per heavy atom. The largest absolute Gasteiger partial charge is 0.491 e. The van der Waals surface area contributed by atoms with E-state index in [0.717, 1.165) is 11.4 Å². The minimum Gasteiger partial charge on any atom is -0.491 e. The number of hydrogen-bond acceptors (Lipinski definition) is 3. The Morgan fingerprint density at radius 2 is 1.67 bits per heavy atom. The van der Waals surface area contributed by atoms with Gasteiger partial charge >= 0.3 is 0 Å². The Balaban J connectivity index is 1.96. The van der Waals surface area contributed by atoms with E-state index in [0.29, 0.717) is 15.6 Å². The molecule has 0 bridgehead atoms. The first kappa shape index (κ1) is 18.5. The molecular weight excluding hydrogens is 367 g/mol. The highest BCUT2D eigenvalue weighted by Gasteiger charge is 2.10. The minimum absolute atomic E-state index is 0.105. The summed E-state index contributed by atoms with van der Waals surface area (Å²) in [5.74, 6) is 0.371. The number of carbonyl (C=O) groups excluding carboxylic acids is 1. The lowest BCUT2D eigenvalue weighted by molar-refractivity contribution is 0.0977. The Labute approximate surface area is 156 Å². The van der Waals surface area contributed by atoms with Gasteiger partial charge in [0.25, 0.3) is 5.91 Å². The molecule has 0 aliphatic rings. The fourth-order valence-corrected chi connectivity index (χ4v) is 2.65. The second-order valence-electron chi connectivity index (χ2n) is 5.26. The van der Waals surface area contributed by atoms with Crippen LogP contribution in [0.3, 0.4) is 0 Å². The van der Waals surface area contributed by atoms with Gasteiger partial charge in [-0.3, -0.25) is 10.1 Å². The van der Waals surface area contributed by atoms with E-state index in [1.807, 2.05) is 38.1 Å². The Morgan fingerprint density at radius 3 is 2.21 bits per heavy atom. The predicted octanol–water partition coefficient (Wildman–Crippen LogP) is 4.91. The van der Waals surface area contributed by atoms with E-state index in [4.69, 9.17) is 40.2 Å². The lowest BCUT2D eigenvalue weighted by atomic mass is 10.2. The molecule has 2 N–H and O–H groups in total. The summed E-state index contributed by atoms with van der Waals surface area (Å²) in [6.45, 7) is 3.91. The lowest BCUT2D eigenvalue weighted by Gasteiger charge is -2.12. The number of halogens is 2. The Hall–Kier alpha value is -1.82. The predicted molar refractivity (Wildman–Crippen MR) is 102 cm³/mol. The van der Waals surface area contributed by atoms with Gasteiger partial charge in [-0.05, 0) is 68.5 Å². The van der Waals surface area contributed by atoms with E-state index in [1.165, 1.54) is 12.1 Å². The molecule has 0 heterocycles. The molecule has 0 fully saturated rings. The standard InChI is InChI=1S/C17H16Cl2N2O2S/c1-10(2)23-15-5-3-14(4-6-15)20-17(24)21-16(22)11-7-12(18)9-13(19)8-11/h3-10H,1-2H3,(H2,20,21,22,24). The fraction of sp³-hybridized carbons (Fsp3) is 0.176. The molecule has 24 heavy (non-hydrogen) atoms. The highest BCUT2D eigenvalue weighted by atomic mass is 35.5. The van der Waals surface area contributed by atoms with Crippen molar-refractivity contribution < 1.29 is 9.53 Å². The first-order valence-corrected chi connectivity index (χ1v) is 8.35. The first-order chi connectivity index (χ1) is 11.3. The summed E-state index contributed by atoms with van der Waals surface area (Å²) in [5, 5.41) is 6.45. The van der Waals surface area contributed by atoms with Gasteiger partial charge in [0.1, 0.15) is 5.75 Å². The third-order valence-electron chi connectivity index (χ3n) is 2.84. The van der Waals surface area contributed by atoms with Gasteiger partial charge in [-0.2, -0.15) is 0 Å². The van der Waals surface area contributed by atoms with Crippen LogP contribution < -0.4 is 15.4 Å². The monoisotopic (exact) mass is 382 g/mol. The molecule has 0 saturated heterocycles. The Kier molecular flexibility index (Phi) is 6.43. The number of benzene rings is 2. The topological polar surface area (TPSA) is 50.4 Å². The highest BCUT2D eigenvalue weighted by Crippen LogP contribution is 2.19. The van der Waals surface area contributed by atoms with Gasteiger partial charge in [0.15, 0.2) is 5.11 Å². The molecule has 4 nitrogen and oxygen atoms in total. The van der Waals surface area contributed by atoms with Crippen LogP contribution in [0, 0.1) is 0 Å². The molecule has 2 aromatic carbocycles. The van der Waals surface area contributed by atoms with Gasteiger partial charge in [-0.25, -0.2) is 0 Å². The van der Waals surface area contributed by atoms with E-state index >= 15 is 0 Å². The quantitative estimate of drug-likeness (QED) is 0.737. The zero-order valence-corrected chi connectivity index (χ0v) is 15.4. The van der Waals surface area contributed by atoms with Crippen LogP contribution in [0.4, 0.5) is 5.69 Å². The second kappa shape index (κ2) is 8.33. The normalized spacial score (nSPS) is 10.4. The van der Waals surface area contributed by atoms with Crippen molar-refractivity contribution in [2.45, 2.75) is 20.0 Å². The maximum atomic E-state index is 12.1. The van der Waals surface area contributed by atoms with Crippen molar-refractivity contribution in [3.63, 3.8) is 0 Å². The van der Waals surface area contributed by atoms with Gasteiger partial charge in [0, 0.05) is 21.3 Å². The zero-order valence-electron chi connectivity index (χ0n) is 13.1. The number of ether oxygens (including phenoxy) is 1. The zero-order chi connectivity index (χ0) is 17.7. The summed E-state index contributed by atoms with van der Waals surface area (Å²) in [6, 6.07) is 11.9. The number of carbonyl (C=O) groups is 1. The van der Waals surface area contributed by atoms with Crippen molar-refractivity contribution in [3.8, 4) is 5.75 Å². The Bertz CT molecular complexity index is 729. The lowest BCUT2D eigenvalue weighted by Crippen LogP contribution is -2.34. The van der Waals surface area contributed by atoms with Crippen LogP contribution in [0.15, 0.2) is 42.5 Å². The van der Waals surface area contributed by atoms with E-state index in [2.05, 4.69) is 10.6 Å². The van der Waals surface area contributed by atoms with Gasteiger partial charge in [0.2, 0.25) is 0 Å². The summed E-state index contributed by atoms with van der Waals surface area (Å²) in [7, 11) is 0. The molecule has 0 saturated carbocycles. The third kappa shape index (κ3) is 5.67. The molecule has 7 heteroatoms. The molecule has 2 aromatic rings. The van der Waals surface area contributed by atoms with Crippen LogP contribution in [0.25, 0.3) is 0 Å². The maximum absolute atomic E-state index is 12.1. The van der Waals surface area contributed by atoms with Crippen LogP contribution in [0.1, 0.15) is 24.2 Å². The smallest absolute Gasteiger partial charge is 0.257 e. The van der Waals surface area contributed by atoms with Crippen molar-refractivity contribution in [1.82, 2.24) is 5.32 Å². The molecule has 0 aromatic heterocycles. The summed E-state index contributed by atoms with van der Waals surface area (Å²) in [5.41, 5.74) is 1.07. The molecular formula is C17H16Cl2N2O2S. The van der Waals surface area contributed by atoms with Crippen molar-refractivity contribution in [2.24, 2.45) is 0 Å². The van der Waals surface area contributed by atoms with E-state index < -0.39 is 5.91 Å². The molecule has 0 spiro atoms. The van der Waals surface area contributed by atoms with Gasteiger partial charge < -0.3 is 10.1 Å². The van der Waals surface area contributed by atoms with Crippen LogP contribution >= 0.6 is 35.4 Å². The number of nitrogens with one attached hydrogen (secondary N) is 2. The average molecular weight is 383 g/mol. The van der Waals surface area contributed by atoms with Gasteiger partial charge in [-0.15, -0.1) is 0 Å². The number of thiocarbonyl (C=S) groups is 1. The third-order valence-corrected chi connectivity index (χ3v) is 3.48. The van der Waals surface area contributed by atoms with Gasteiger partial charge in [0.05, 0.1) is 6.10 Å².